The third kappa shape index (κ3) is 2.42. The average molecular weight is 152 g/mol. The van der Waals surface area contributed by atoms with Gasteiger partial charge < -0.3 is 5.73 Å². The molecule has 1 aromatic rings. The van der Waals surface area contributed by atoms with Gasteiger partial charge in [0.15, 0.2) is 0 Å². The Morgan fingerprint density at radius 2 is 2.40 bits per heavy atom. The summed E-state index contributed by atoms with van der Waals surface area (Å²) in [6.45, 7) is 0.730. The normalized spacial score (nSPS) is 9.70. The van der Waals surface area contributed by atoms with Crippen LogP contribution < -0.4 is 5.73 Å². The highest BCUT2D eigenvalue weighted by atomic mass is 32.2. The minimum atomic E-state index is 0.730. The first-order valence-electron chi connectivity index (χ1n) is 3.23. The zero-order valence-corrected chi connectivity index (χ0v) is 6.53. The molecule has 0 aromatic heterocycles. The quantitative estimate of drug-likeness (QED) is 0.665. The van der Waals surface area contributed by atoms with Crippen LogP contribution in [0.4, 0.5) is 0 Å². The molecule has 0 aliphatic rings. The predicted octanol–water partition coefficient (Wildman–Crippen LogP) is 1.54. The number of benzene rings is 1. The first kappa shape index (κ1) is 7.63. The minimum Gasteiger partial charge on any atom is -0.330 e. The highest BCUT2D eigenvalue weighted by Gasteiger charge is 1.88. The van der Waals surface area contributed by atoms with Crippen molar-refractivity contribution in [3.8, 4) is 0 Å². The first-order chi connectivity index (χ1) is 4.93. The maximum atomic E-state index is 5.34. The van der Waals surface area contributed by atoms with E-state index in [1.165, 1.54) is 4.90 Å². The number of rotatable bonds is 3. The molecule has 0 heterocycles. The van der Waals surface area contributed by atoms with E-state index in [9.17, 15) is 0 Å². The van der Waals surface area contributed by atoms with Crippen LogP contribution in [-0.4, -0.2) is 12.3 Å². The first-order valence-corrected chi connectivity index (χ1v) is 4.21. The van der Waals surface area contributed by atoms with E-state index in [0.29, 0.717) is 0 Å². The molecule has 0 aliphatic carbocycles. The van der Waals surface area contributed by atoms with Gasteiger partial charge >= 0.3 is 0 Å². The van der Waals surface area contributed by atoms with Gasteiger partial charge in [0.25, 0.3) is 0 Å². The molecule has 0 saturated carbocycles. The van der Waals surface area contributed by atoms with Crippen molar-refractivity contribution in [3.63, 3.8) is 0 Å². The van der Waals surface area contributed by atoms with E-state index < -0.39 is 0 Å². The molecular weight excluding hydrogens is 142 g/mol. The smallest absolute Gasteiger partial charge is 0.0151 e. The van der Waals surface area contributed by atoms with Gasteiger partial charge in [-0.2, -0.15) is 0 Å². The van der Waals surface area contributed by atoms with Gasteiger partial charge in [-0.3, -0.25) is 0 Å². The largest absolute Gasteiger partial charge is 0.330 e. The molecule has 2 heteroatoms. The van der Waals surface area contributed by atoms with Crippen LogP contribution in [0, 0.1) is 6.07 Å². The van der Waals surface area contributed by atoms with Crippen LogP contribution in [0.25, 0.3) is 0 Å². The van der Waals surface area contributed by atoms with E-state index in [4.69, 9.17) is 5.73 Å². The third-order valence-corrected chi connectivity index (χ3v) is 2.06. The Labute approximate surface area is 65.6 Å². The van der Waals surface area contributed by atoms with Crippen molar-refractivity contribution in [2.75, 3.05) is 12.3 Å². The van der Waals surface area contributed by atoms with Crippen molar-refractivity contribution in [2.45, 2.75) is 4.90 Å². The van der Waals surface area contributed by atoms with Crippen LogP contribution in [0.5, 0.6) is 0 Å². The Morgan fingerprint density at radius 1 is 1.50 bits per heavy atom. The number of hydrogen-bond donors (Lipinski definition) is 1. The molecule has 1 aromatic carbocycles. The van der Waals surface area contributed by atoms with Crippen molar-refractivity contribution < 1.29 is 0 Å². The topological polar surface area (TPSA) is 26.0 Å². The van der Waals surface area contributed by atoms with Gasteiger partial charge in [-0.05, 0) is 12.1 Å². The molecule has 0 amide bonds. The molecule has 0 spiro atoms. The molecule has 10 heavy (non-hydrogen) atoms. The van der Waals surface area contributed by atoms with E-state index in [1.807, 2.05) is 24.3 Å². The lowest BCUT2D eigenvalue weighted by Crippen LogP contribution is -2.00. The SMILES string of the molecule is NCCSc1[c]cccc1. The highest BCUT2D eigenvalue weighted by molar-refractivity contribution is 7.99. The summed E-state index contributed by atoms with van der Waals surface area (Å²) in [5.41, 5.74) is 5.34. The van der Waals surface area contributed by atoms with Crippen LogP contribution in [0.1, 0.15) is 0 Å². The zero-order valence-electron chi connectivity index (χ0n) is 5.71. The predicted molar refractivity (Wildman–Crippen MR) is 45.1 cm³/mol. The zero-order chi connectivity index (χ0) is 7.23. The Hall–Kier alpha value is -0.470. The van der Waals surface area contributed by atoms with Crippen molar-refractivity contribution >= 4 is 11.8 Å². The van der Waals surface area contributed by atoms with Crippen molar-refractivity contribution in [1.82, 2.24) is 0 Å². The van der Waals surface area contributed by atoms with Gasteiger partial charge in [0.1, 0.15) is 0 Å². The van der Waals surface area contributed by atoms with Gasteiger partial charge in [-0.25, -0.2) is 0 Å². The number of hydrogen-bond acceptors (Lipinski definition) is 2. The second-order valence-electron chi connectivity index (χ2n) is 1.86. The molecule has 0 unspecified atom stereocenters. The third-order valence-electron chi connectivity index (χ3n) is 1.06. The standard InChI is InChI=1S/C8H10NS/c9-6-7-10-8-4-2-1-3-5-8/h1-4H,6-7,9H2. The fourth-order valence-corrected chi connectivity index (χ4v) is 1.30. The molecule has 1 nitrogen and oxygen atoms in total. The van der Waals surface area contributed by atoms with E-state index in [-0.39, 0.29) is 0 Å². The van der Waals surface area contributed by atoms with Gasteiger partial charge in [0, 0.05) is 17.2 Å². The lowest BCUT2D eigenvalue weighted by atomic mass is 10.4. The summed E-state index contributed by atoms with van der Waals surface area (Å²) in [6.07, 6.45) is 0. The van der Waals surface area contributed by atoms with Gasteiger partial charge in [-0.15, -0.1) is 11.8 Å². The van der Waals surface area contributed by atoms with Crippen LogP contribution >= 0.6 is 11.8 Å². The van der Waals surface area contributed by atoms with E-state index in [0.717, 1.165) is 12.3 Å². The Morgan fingerprint density at radius 3 is 3.00 bits per heavy atom. The highest BCUT2D eigenvalue weighted by Crippen LogP contribution is 2.14. The fraction of sp³-hybridized carbons (Fsp3) is 0.250. The van der Waals surface area contributed by atoms with Gasteiger partial charge in [0.2, 0.25) is 0 Å². The van der Waals surface area contributed by atoms with Gasteiger partial charge in [0.05, 0.1) is 0 Å². The van der Waals surface area contributed by atoms with Crippen LogP contribution in [0.2, 0.25) is 0 Å². The molecule has 1 rings (SSSR count). The summed E-state index contributed by atoms with van der Waals surface area (Å²) >= 11 is 1.74. The number of thioether (sulfide) groups is 1. The van der Waals surface area contributed by atoms with Crippen LogP contribution in [-0.2, 0) is 0 Å². The van der Waals surface area contributed by atoms with E-state index in [1.54, 1.807) is 11.8 Å². The maximum Gasteiger partial charge on any atom is 0.0151 e. The summed E-state index contributed by atoms with van der Waals surface area (Å²) < 4.78 is 0. The molecule has 0 aliphatic heterocycles. The number of nitrogens with two attached hydrogens (primary N) is 1. The lowest BCUT2D eigenvalue weighted by molar-refractivity contribution is 1.15. The molecular formula is C8H10NS. The van der Waals surface area contributed by atoms with Crippen LogP contribution in [0.15, 0.2) is 29.2 Å². The monoisotopic (exact) mass is 152 g/mol. The molecule has 0 bridgehead atoms. The Bertz CT molecular complexity index is 174. The Kier molecular flexibility index (Phi) is 3.33. The van der Waals surface area contributed by atoms with Crippen LogP contribution in [0.3, 0.4) is 0 Å². The second kappa shape index (κ2) is 4.36. The molecule has 0 atom stereocenters. The minimum absolute atomic E-state index is 0.730. The van der Waals surface area contributed by atoms with E-state index in [2.05, 4.69) is 6.07 Å². The summed E-state index contributed by atoms with van der Waals surface area (Å²) in [7, 11) is 0. The summed E-state index contributed by atoms with van der Waals surface area (Å²) in [5, 5.41) is 0. The van der Waals surface area contributed by atoms with Gasteiger partial charge in [-0.1, -0.05) is 18.2 Å². The summed E-state index contributed by atoms with van der Waals surface area (Å²) in [6, 6.07) is 11.0. The summed E-state index contributed by atoms with van der Waals surface area (Å²) in [5.74, 6) is 0.973. The molecule has 2 N–H and O–H groups in total. The fourth-order valence-electron chi connectivity index (χ4n) is 0.636. The molecule has 1 radical (unpaired) electrons. The Balaban J connectivity index is 2.43. The van der Waals surface area contributed by atoms with Crippen molar-refractivity contribution in [1.29, 1.82) is 0 Å². The molecule has 53 valence electrons. The van der Waals surface area contributed by atoms with Crippen molar-refractivity contribution in [3.05, 3.63) is 30.3 Å². The molecule has 0 saturated heterocycles. The maximum absolute atomic E-state index is 5.34. The molecule has 0 fully saturated rings. The average Bonchev–Trinajstić information content (AvgIpc) is 2.03. The second-order valence-corrected chi connectivity index (χ2v) is 3.00. The van der Waals surface area contributed by atoms with E-state index >= 15 is 0 Å². The lowest BCUT2D eigenvalue weighted by Gasteiger charge is -1.95. The van der Waals surface area contributed by atoms with Crippen molar-refractivity contribution in [2.24, 2.45) is 5.73 Å². The summed E-state index contributed by atoms with van der Waals surface area (Å²) in [4.78, 5) is 1.17.